The molecular weight excluding hydrogens is 460 g/mol. The fourth-order valence-electron chi connectivity index (χ4n) is 5.88. The van der Waals surface area contributed by atoms with Gasteiger partial charge in [-0.15, -0.1) is 10.2 Å². The van der Waals surface area contributed by atoms with E-state index in [0.717, 1.165) is 22.0 Å². The molecule has 6 aromatic rings. The van der Waals surface area contributed by atoms with Crippen LogP contribution < -0.4 is 0 Å². The lowest BCUT2D eigenvalue weighted by Gasteiger charge is -2.33. The number of hydrogen-bond acceptors (Lipinski definition) is 2. The Balaban J connectivity index is 1.56. The van der Waals surface area contributed by atoms with Crippen molar-refractivity contribution >= 4 is 22.4 Å². The van der Waals surface area contributed by atoms with Crippen molar-refractivity contribution in [2.75, 3.05) is 0 Å². The second-order valence-corrected chi connectivity index (χ2v) is 9.53. The molecule has 2 nitrogen and oxygen atoms in total. The fraction of sp³-hybridized carbons (Fsp3) is 0.0303. The van der Waals surface area contributed by atoms with Crippen molar-refractivity contribution in [3.8, 4) is 22.4 Å². The Morgan fingerprint density at radius 1 is 0.500 bits per heavy atom. The molecule has 0 N–H and O–H groups in total. The van der Waals surface area contributed by atoms with Crippen molar-refractivity contribution in [1.29, 1.82) is 0 Å². The van der Waals surface area contributed by atoms with Crippen molar-refractivity contribution in [2.45, 2.75) is 5.41 Å². The summed E-state index contributed by atoms with van der Waals surface area (Å²) < 4.78 is 0. The Bertz CT molecular complexity index is 1700. The summed E-state index contributed by atoms with van der Waals surface area (Å²) in [4.78, 5) is 0. The SMILES string of the molecule is Clc1nnc(-c2ccc3c(c2)-c2ccccc2C3(c2ccccc2)c2ccccc2)c2ccccc12. The van der Waals surface area contributed by atoms with Gasteiger partial charge in [0.15, 0.2) is 5.15 Å². The molecule has 0 aliphatic heterocycles. The highest BCUT2D eigenvalue weighted by Gasteiger charge is 2.45. The van der Waals surface area contributed by atoms with Crippen molar-refractivity contribution in [1.82, 2.24) is 10.2 Å². The summed E-state index contributed by atoms with van der Waals surface area (Å²) in [5, 5.41) is 11.1. The van der Waals surface area contributed by atoms with Crippen molar-refractivity contribution in [3.05, 3.63) is 155 Å². The van der Waals surface area contributed by atoms with E-state index in [1.54, 1.807) is 0 Å². The fourth-order valence-corrected chi connectivity index (χ4v) is 6.08. The third-order valence-corrected chi connectivity index (χ3v) is 7.65. The second kappa shape index (κ2) is 8.15. The quantitative estimate of drug-likeness (QED) is 0.254. The van der Waals surface area contributed by atoms with Crippen LogP contribution in [0.1, 0.15) is 22.3 Å². The lowest BCUT2D eigenvalue weighted by atomic mass is 9.67. The number of aromatic nitrogens is 2. The average molecular weight is 481 g/mol. The molecule has 0 spiro atoms. The van der Waals surface area contributed by atoms with E-state index in [9.17, 15) is 0 Å². The number of nitrogens with zero attached hydrogens (tertiary/aromatic N) is 2. The first-order valence-corrected chi connectivity index (χ1v) is 12.4. The zero-order chi connectivity index (χ0) is 24.1. The van der Waals surface area contributed by atoms with Gasteiger partial charge in [-0.3, -0.25) is 0 Å². The van der Waals surface area contributed by atoms with E-state index < -0.39 is 5.41 Å². The number of halogens is 1. The predicted octanol–water partition coefficient (Wildman–Crippen LogP) is 8.31. The molecule has 1 aliphatic rings. The minimum Gasteiger partial charge on any atom is -0.148 e. The summed E-state index contributed by atoms with van der Waals surface area (Å²) >= 11 is 6.38. The Morgan fingerprint density at radius 2 is 1.08 bits per heavy atom. The molecule has 5 aromatic carbocycles. The van der Waals surface area contributed by atoms with Crippen LogP contribution in [0.3, 0.4) is 0 Å². The highest BCUT2D eigenvalue weighted by molar-refractivity contribution is 6.34. The van der Waals surface area contributed by atoms with E-state index in [-0.39, 0.29) is 0 Å². The molecule has 1 heterocycles. The van der Waals surface area contributed by atoms with Gasteiger partial charge < -0.3 is 0 Å². The van der Waals surface area contributed by atoms with Gasteiger partial charge in [0.1, 0.15) is 5.69 Å². The molecule has 36 heavy (non-hydrogen) atoms. The molecule has 0 bridgehead atoms. The summed E-state index contributed by atoms with van der Waals surface area (Å²) in [6.45, 7) is 0. The zero-order valence-corrected chi connectivity index (χ0v) is 20.2. The van der Waals surface area contributed by atoms with Gasteiger partial charge in [0.25, 0.3) is 0 Å². The van der Waals surface area contributed by atoms with Crippen molar-refractivity contribution in [3.63, 3.8) is 0 Å². The number of hydrogen-bond donors (Lipinski definition) is 0. The van der Waals surface area contributed by atoms with E-state index in [2.05, 4.69) is 119 Å². The highest BCUT2D eigenvalue weighted by Crippen LogP contribution is 2.56. The van der Waals surface area contributed by atoms with Crippen LogP contribution in [0, 0.1) is 0 Å². The van der Waals surface area contributed by atoms with Crippen LogP contribution in [0.2, 0.25) is 5.15 Å². The molecule has 0 atom stereocenters. The van der Waals surface area contributed by atoms with E-state index in [0.29, 0.717) is 5.15 Å². The average Bonchev–Trinajstić information content (AvgIpc) is 3.25. The zero-order valence-electron chi connectivity index (χ0n) is 19.4. The van der Waals surface area contributed by atoms with Crippen LogP contribution in [0.25, 0.3) is 33.2 Å². The number of fused-ring (bicyclic) bond motifs is 4. The third-order valence-electron chi connectivity index (χ3n) is 7.37. The van der Waals surface area contributed by atoms with Crippen LogP contribution in [0.15, 0.2) is 127 Å². The third kappa shape index (κ3) is 2.92. The van der Waals surface area contributed by atoms with E-state index >= 15 is 0 Å². The lowest BCUT2D eigenvalue weighted by Crippen LogP contribution is -2.28. The van der Waals surface area contributed by atoms with Crippen LogP contribution >= 0.6 is 11.6 Å². The molecule has 3 heteroatoms. The number of rotatable bonds is 3. The van der Waals surface area contributed by atoms with Gasteiger partial charge in [0, 0.05) is 16.3 Å². The van der Waals surface area contributed by atoms with Gasteiger partial charge in [0.2, 0.25) is 0 Å². The molecule has 170 valence electrons. The van der Waals surface area contributed by atoms with Crippen molar-refractivity contribution < 1.29 is 0 Å². The van der Waals surface area contributed by atoms with Gasteiger partial charge in [-0.2, -0.15) is 0 Å². The summed E-state index contributed by atoms with van der Waals surface area (Å²) in [5.41, 5.74) is 9.01. The molecule has 0 amide bonds. The molecule has 1 aromatic heterocycles. The molecule has 0 saturated heterocycles. The molecule has 1 aliphatic carbocycles. The van der Waals surface area contributed by atoms with E-state index in [1.807, 2.05) is 18.2 Å². The molecule has 0 fully saturated rings. The Morgan fingerprint density at radius 3 is 1.81 bits per heavy atom. The standard InChI is InChI=1S/C33H21ClN2/c34-32-27-17-8-7-16-26(27)31(35-36-32)22-19-20-30-28(21-22)25-15-9-10-18-29(25)33(30,23-11-3-1-4-12-23)24-13-5-2-6-14-24/h1-21H. The van der Waals surface area contributed by atoms with Gasteiger partial charge in [-0.25, -0.2) is 0 Å². The monoisotopic (exact) mass is 480 g/mol. The van der Waals surface area contributed by atoms with Crippen LogP contribution in [0.4, 0.5) is 0 Å². The van der Waals surface area contributed by atoms with Crippen LogP contribution in [-0.2, 0) is 5.41 Å². The Kier molecular flexibility index (Phi) is 4.77. The molecule has 0 saturated carbocycles. The molecule has 0 radical (unpaired) electrons. The second-order valence-electron chi connectivity index (χ2n) is 9.17. The van der Waals surface area contributed by atoms with Crippen LogP contribution in [-0.4, -0.2) is 10.2 Å². The lowest BCUT2D eigenvalue weighted by molar-refractivity contribution is 0.768. The summed E-state index contributed by atoms with van der Waals surface area (Å²) in [5.74, 6) is 0. The first kappa shape index (κ1) is 21.0. The Hall–Kier alpha value is -4.27. The summed E-state index contributed by atoms with van der Waals surface area (Å²) in [6.07, 6.45) is 0. The van der Waals surface area contributed by atoms with Gasteiger partial charge in [0.05, 0.1) is 5.41 Å². The van der Waals surface area contributed by atoms with E-state index in [1.165, 1.54) is 33.4 Å². The Labute approximate surface area is 214 Å². The minimum atomic E-state index is -0.402. The molecule has 7 rings (SSSR count). The molecular formula is C33H21ClN2. The first-order valence-electron chi connectivity index (χ1n) is 12.1. The largest absolute Gasteiger partial charge is 0.159 e. The van der Waals surface area contributed by atoms with Gasteiger partial charge in [-0.05, 0) is 39.4 Å². The molecule has 0 unspecified atom stereocenters. The predicted molar refractivity (Wildman–Crippen MR) is 147 cm³/mol. The van der Waals surface area contributed by atoms with Crippen molar-refractivity contribution in [2.24, 2.45) is 0 Å². The topological polar surface area (TPSA) is 25.8 Å². The maximum atomic E-state index is 6.38. The van der Waals surface area contributed by atoms with E-state index in [4.69, 9.17) is 11.6 Å². The van der Waals surface area contributed by atoms with Gasteiger partial charge in [-0.1, -0.05) is 133 Å². The maximum absolute atomic E-state index is 6.38. The highest BCUT2D eigenvalue weighted by atomic mass is 35.5. The smallest absolute Gasteiger partial charge is 0.148 e. The summed E-state index contributed by atoms with van der Waals surface area (Å²) in [6, 6.07) is 45.2. The minimum absolute atomic E-state index is 0.402. The maximum Gasteiger partial charge on any atom is 0.159 e. The normalized spacial score (nSPS) is 13.4. The number of benzene rings is 5. The van der Waals surface area contributed by atoms with Crippen LogP contribution in [0.5, 0.6) is 0 Å². The first-order chi connectivity index (χ1) is 17.8. The van der Waals surface area contributed by atoms with Gasteiger partial charge >= 0.3 is 0 Å². The summed E-state index contributed by atoms with van der Waals surface area (Å²) in [7, 11) is 0.